The van der Waals surface area contributed by atoms with Crippen molar-refractivity contribution in [2.75, 3.05) is 0 Å². The van der Waals surface area contributed by atoms with Gasteiger partial charge in [0.1, 0.15) is 0 Å². The molecule has 0 spiro atoms. The minimum absolute atomic E-state index is 0.230. The van der Waals surface area contributed by atoms with E-state index in [1.54, 1.807) is 0 Å². The molecule has 0 nitrogen and oxygen atoms in total. The number of rotatable bonds is 0. The van der Waals surface area contributed by atoms with Crippen LogP contribution in [0.15, 0.2) is 48.1 Å². The summed E-state index contributed by atoms with van der Waals surface area (Å²) in [7, 11) is 0. The van der Waals surface area contributed by atoms with Crippen LogP contribution < -0.4 is 0 Å². The highest BCUT2D eigenvalue weighted by molar-refractivity contribution is 5.36. The van der Waals surface area contributed by atoms with Crippen molar-refractivity contribution in [2.24, 2.45) is 11.3 Å². The number of hydrogen-bond donors (Lipinski definition) is 0. The van der Waals surface area contributed by atoms with E-state index in [-0.39, 0.29) is 5.41 Å². The number of fused-ring (bicyclic) bond motifs is 1. The van der Waals surface area contributed by atoms with E-state index in [9.17, 15) is 0 Å². The first-order valence-corrected chi connectivity index (χ1v) is 4.44. The molecule has 0 aromatic carbocycles. The van der Waals surface area contributed by atoms with Crippen LogP contribution in [0.4, 0.5) is 0 Å². The molecule has 2 unspecified atom stereocenters. The molecule has 62 valence electrons. The lowest BCUT2D eigenvalue weighted by atomic mass is 9.71. The normalized spacial score (nSPS) is 37.8. The molecule has 0 heterocycles. The summed E-state index contributed by atoms with van der Waals surface area (Å²) in [6.45, 7) is 4.43. The summed E-state index contributed by atoms with van der Waals surface area (Å²) in [5.74, 6) is 0.562. The summed E-state index contributed by atoms with van der Waals surface area (Å²) in [4.78, 5) is 0. The number of hydrogen-bond acceptors (Lipinski definition) is 0. The van der Waals surface area contributed by atoms with Crippen molar-refractivity contribution in [1.29, 1.82) is 0 Å². The Bertz CT molecular complexity index is 302. The maximum Gasteiger partial charge on any atom is 0.0137 e. The topological polar surface area (TPSA) is 0 Å². The summed E-state index contributed by atoms with van der Waals surface area (Å²) >= 11 is 0. The van der Waals surface area contributed by atoms with E-state index in [0.717, 1.165) is 0 Å². The molecule has 0 aromatic heterocycles. The van der Waals surface area contributed by atoms with Gasteiger partial charge in [0.25, 0.3) is 0 Å². The minimum Gasteiger partial charge on any atom is -0.0764 e. The Morgan fingerprint density at radius 2 is 2.08 bits per heavy atom. The van der Waals surface area contributed by atoms with Crippen LogP contribution in [0.5, 0.6) is 0 Å². The van der Waals surface area contributed by atoms with E-state index in [1.165, 1.54) is 5.57 Å². The maximum absolute atomic E-state index is 2.33. The Labute approximate surface area is 74.0 Å². The van der Waals surface area contributed by atoms with Gasteiger partial charge in [-0.25, -0.2) is 0 Å². The van der Waals surface area contributed by atoms with Gasteiger partial charge in [0, 0.05) is 11.3 Å². The molecule has 2 aliphatic carbocycles. The lowest BCUT2D eigenvalue weighted by molar-refractivity contribution is 0.450. The second-order valence-electron chi connectivity index (χ2n) is 3.88. The van der Waals surface area contributed by atoms with Crippen LogP contribution >= 0.6 is 0 Å². The van der Waals surface area contributed by atoms with Crippen molar-refractivity contribution >= 4 is 0 Å². The van der Waals surface area contributed by atoms with Crippen molar-refractivity contribution in [3.05, 3.63) is 48.1 Å². The molecule has 2 atom stereocenters. The molecule has 0 aliphatic heterocycles. The van der Waals surface area contributed by atoms with Gasteiger partial charge in [-0.05, 0) is 6.92 Å². The van der Waals surface area contributed by atoms with Gasteiger partial charge >= 0.3 is 0 Å². The lowest BCUT2D eigenvalue weighted by Gasteiger charge is -2.33. The Morgan fingerprint density at radius 3 is 2.92 bits per heavy atom. The van der Waals surface area contributed by atoms with Crippen LogP contribution in [-0.4, -0.2) is 0 Å². The minimum atomic E-state index is 0.230. The molecule has 12 heavy (non-hydrogen) atoms. The van der Waals surface area contributed by atoms with Crippen LogP contribution in [0.3, 0.4) is 0 Å². The Balaban J connectivity index is 2.40. The van der Waals surface area contributed by atoms with Crippen molar-refractivity contribution in [2.45, 2.75) is 13.8 Å². The zero-order chi connectivity index (χ0) is 8.60. The van der Waals surface area contributed by atoms with Crippen molar-refractivity contribution in [1.82, 2.24) is 0 Å². The van der Waals surface area contributed by atoms with Crippen LogP contribution in [0.1, 0.15) is 13.8 Å². The van der Waals surface area contributed by atoms with Crippen molar-refractivity contribution < 1.29 is 0 Å². The molecular weight excluding hydrogens is 144 g/mol. The highest BCUT2D eigenvalue weighted by Crippen LogP contribution is 2.39. The molecule has 0 heteroatoms. The smallest absolute Gasteiger partial charge is 0.0137 e. The molecule has 0 amide bonds. The summed E-state index contributed by atoms with van der Waals surface area (Å²) in [5, 5.41) is 0. The highest BCUT2D eigenvalue weighted by Gasteiger charge is 2.28. The Morgan fingerprint density at radius 1 is 1.25 bits per heavy atom. The van der Waals surface area contributed by atoms with Crippen LogP contribution in [-0.2, 0) is 0 Å². The highest BCUT2D eigenvalue weighted by atomic mass is 14.3. The quantitative estimate of drug-likeness (QED) is 0.507. The van der Waals surface area contributed by atoms with E-state index in [0.29, 0.717) is 5.92 Å². The summed E-state index contributed by atoms with van der Waals surface area (Å²) in [5.41, 5.74) is 1.60. The van der Waals surface area contributed by atoms with Gasteiger partial charge in [0.15, 0.2) is 0 Å². The zero-order valence-electron chi connectivity index (χ0n) is 7.62. The van der Waals surface area contributed by atoms with Gasteiger partial charge in [-0.15, -0.1) is 0 Å². The first-order valence-electron chi connectivity index (χ1n) is 4.44. The fraction of sp³-hybridized carbons (Fsp3) is 0.333. The van der Waals surface area contributed by atoms with E-state index in [2.05, 4.69) is 56.4 Å². The molecule has 0 fully saturated rings. The molecule has 0 radical (unpaired) electrons. The second-order valence-corrected chi connectivity index (χ2v) is 3.88. The third-order valence-electron chi connectivity index (χ3n) is 2.75. The molecule has 2 rings (SSSR count). The Kier molecular flexibility index (Phi) is 1.57. The second kappa shape index (κ2) is 2.48. The monoisotopic (exact) mass is 158 g/mol. The fourth-order valence-electron chi connectivity index (χ4n) is 1.82. The molecule has 0 N–H and O–H groups in total. The summed E-state index contributed by atoms with van der Waals surface area (Å²) in [6, 6.07) is 0. The first kappa shape index (κ1) is 7.60. The van der Waals surface area contributed by atoms with Gasteiger partial charge in [0.05, 0.1) is 0 Å². The third-order valence-corrected chi connectivity index (χ3v) is 2.75. The molecule has 0 saturated heterocycles. The third kappa shape index (κ3) is 1.08. The molecular formula is C12H14. The van der Waals surface area contributed by atoms with E-state index < -0.39 is 0 Å². The number of allylic oxidation sites excluding steroid dienone is 8. The van der Waals surface area contributed by atoms with Crippen LogP contribution in [0.25, 0.3) is 0 Å². The summed E-state index contributed by atoms with van der Waals surface area (Å²) < 4.78 is 0. The maximum atomic E-state index is 2.33. The molecule has 0 bridgehead atoms. The van der Waals surface area contributed by atoms with Crippen LogP contribution in [0, 0.1) is 11.3 Å². The predicted molar refractivity (Wildman–Crippen MR) is 52.8 cm³/mol. The van der Waals surface area contributed by atoms with E-state index in [4.69, 9.17) is 0 Å². The van der Waals surface area contributed by atoms with Crippen molar-refractivity contribution in [3.8, 4) is 0 Å². The first-order chi connectivity index (χ1) is 5.71. The van der Waals surface area contributed by atoms with Gasteiger partial charge in [-0.2, -0.15) is 0 Å². The van der Waals surface area contributed by atoms with Gasteiger partial charge in [-0.3, -0.25) is 0 Å². The van der Waals surface area contributed by atoms with Gasteiger partial charge in [-0.1, -0.05) is 55.0 Å². The van der Waals surface area contributed by atoms with E-state index >= 15 is 0 Å². The SMILES string of the molecule is CC1=CC2C=CC=CC2(C)C=C1. The van der Waals surface area contributed by atoms with Crippen molar-refractivity contribution in [3.63, 3.8) is 0 Å². The summed E-state index contributed by atoms with van der Waals surface area (Å²) in [6.07, 6.45) is 15.7. The van der Waals surface area contributed by atoms with E-state index in [1.807, 2.05) is 0 Å². The molecule has 2 aliphatic rings. The molecule has 0 aromatic rings. The Hall–Kier alpha value is -1.04. The lowest BCUT2D eigenvalue weighted by Crippen LogP contribution is -2.23. The predicted octanol–water partition coefficient (Wildman–Crippen LogP) is 3.25. The average Bonchev–Trinajstić information content (AvgIpc) is 2.06. The van der Waals surface area contributed by atoms with Gasteiger partial charge < -0.3 is 0 Å². The fourth-order valence-corrected chi connectivity index (χ4v) is 1.82. The largest absolute Gasteiger partial charge is 0.0764 e. The van der Waals surface area contributed by atoms with Crippen LogP contribution in [0.2, 0.25) is 0 Å². The standard InChI is InChI=1S/C12H14/c1-10-6-8-12(2)7-4-3-5-11(12)9-10/h3-9,11H,1-2H3. The zero-order valence-corrected chi connectivity index (χ0v) is 7.62. The molecule has 0 saturated carbocycles. The average molecular weight is 158 g/mol. The van der Waals surface area contributed by atoms with Gasteiger partial charge in [0.2, 0.25) is 0 Å².